The van der Waals surface area contributed by atoms with Crippen LogP contribution in [0.4, 0.5) is 0 Å². The van der Waals surface area contributed by atoms with Crippen molar-refractivity contribution in [3.63, 3.8) is 0 Å². The highest BCUT2D eigenvalue weighted by atomic mass is 16.5. The van der Waals surface area contributed by atoms with E-state index in [1.54, 1.807) is 0 Å². The van der Waals surface area contributed by atoms with Crippen LogP contribution in [0.5, 0.6) is 0 Å². The van der Waals surface area contributed by atoms with E-state index in [1.807, 2.05) is 0 Å². The van der Waals surface area contributed by atoms with E-state index < -0.39 is 0 Å². The Bertz CT molecular complexity index is 517. The standard InChI is InChI=1S/C21H34O3/c1-13(22)24-15-6-10-21(3)14(11-15)12-18(23)19-16-5-4-8-20(16,2)9-7-17(19)21/h14-19,23H,4-12H2,1-3H3/t14-,15-,16-,17-,18+,19+,20+,21+/m1/s1. The molecule has 0 aromatic heterocycles. The Morgan fingerprint density at radius 2 is 1.83 bits per heavy atom. The van der Waals surface area contributed by atoms with Crippen LogP contribution in [-0.2, 0) is 9.53 Å². The molecule has 0 heterocycles. The Morgan fingerprint density at radius 1 is 1.04 bits per heavy atom. The lowest BCUT2D eigenvalue weighted by atomic mass is 9.44. The number of aliphatic hydroxyl groups is 1. The maximum atomic E-state index is 11.3. The van der Waals surface area contributed by atoms with Gasteiger partial charge in [0.25, 0.3) is 0 Å². The molecule has 136 valence electrons. The summed E-state index contributed by atoms with van der Waals surface area (Å²) in [5, 5.41) is 11.1. The van der Waals surface area contributed by atoms with Gasteiger partial charge in [-0.3, -0.25) is 4.79 Å². The number of carbonyl (C=O) groups excluding carboxylic acids is 1. The van der Waals surface area contributed by atoms with Crippen molar-refractivity contribution in [2.75, 3.05) is 0 Å². The molecule has 8 atom stereocenters. The Hall–Kier alpha value is -0.570. The number of fused-ring (bicyclic) bond motifs is 5. The third kappa shape index (κ3) is 2.45. The van der Waals surface area contributed by atoms with E-state index >= 15 is 0 Å². The fraction of sp³-hybridized carbons (Fsp3) is 0.952. The molecule has 3 heteroatoms. The minimum atomic E-state index is -0.155. The number of esters is 1. The molecule has 0 spiro atoms. The van der Waals surface area contributed by atoms with Gasteiger partial charge in [0, 0.05) is 6.92 Å². The number of rotatable bonds is 1. The molecule has 0 aromatic rings. The monoisotopic (exact) mass is 334 g/mol. The van der Waals surface area contributed by atoms with Crippen LogP contribution < -0.4 is 0 Å². The van der Waals surface area contributed by atoms with Crippen molar-refractivity contribution in [2.24, 2.45) is 34.5 Å². The summed E-state index contributed by atoms with van der Waals surface area (Å²) in [6, 6.07) is 0. The van der Waals surface area contributed by atoms with Gasteiger partial charge in [0.1, 0.15) is 6.10 Å². The third-order valence-corrected chi connectivity index (χ3v) is 8.75. The predicted octanol–water partition coefficient (Wildman–Crippen LogP) is 4.32. The minimum absolute atomic E-state index is 0.0738. The number of hydrogen-bond acceptors (Lipinski definition) is 3. The summed E-state index contributed by atoms with van der Waals surface area (Å²) in [6.07, 6.45) is 10.7. The molecule has 24 heavy (non-hydrogen) atoms. The summed E-state index contributed by atoms with van der Waals surface area (Å²) in [6.45, 7) is 6.49. The third-order valence-electron chi connectivity index (χ3n) is 8.75. The summed E-state index contributed by atoms with van der Waals surface area (Å²) in [5.74, 6) is 2.27. The number of aliphatic hydroxyl groups excluding tert-OH is 1. The van der Waals surface area contributed by atoms with Gasteiger partial charge in [-0.1, -0.05) is 20.3 Å². The van der Waals surface area contributed by atoms with E-state index in [1.165, 1.54) is 39.0 Å². The van der Waals surface area contributed by atoms with Crippen LogP contribution in [0, 0.1) is 34.5 Å². The van der Waals surface area contributed by atoms with Crippen LogP contribution >= 0.6 is 0 Å². The summed E-state index contributed by atoms with van der Waals surface area (Å²) in [7, 11) is 0. The summed E-state index contributed by atoms with van der Waals surface area (Å²) in [5.41, 5.74) is 0.824. The van der Waals surface area contributed by atoms with Crippen LogP contribution in [0.25, 0.3) is 0 Å². The molecule has 0 amide bonds. The van der Waals surface area contributed by atoms with E-state index in [4.69, 9.17) is 4.74 Å². The molecule has 4 rings (SSSR count). The van der Waals surface area contributed by atoms with Crippen LogP contribution in [0.2, 0.25) is 0 Å². The first-order chi connectivity index (χ1) is 11.3. The smallest absolute Gasteiger partial charge is 0.302 e. The lowest BCUT2D eigenvalue weighted by Gasteiger charge is -2.61. The van der Waals surface area contributed by atoms with Crippen LogP contribution in [0.3, 0.4) is 0 Å². The molecule has 4 aliphatic rings. The zero-order valence-corrected chi connectivity index (χ0v) is 15.6. The van der Waals surface area contributed by atoms with Gasteiger partial charge in [-0.15, -0.1) is 0 Å². The summed E-state index contributed by atoms with van der Waals surface area (Å²) < 4.78 is 5.52. The van der Waals surface area contributed by atoms with Gasteiger partial charge in [0.05, 0.1) is 6.10 Å². The maximum Gasteiger partial charge on any atom is 0.302 e. The van der Waals surface area contributed by atoms with Crippen molar-refractivity contribution in [3.05, 3.63) is 0 Å². The molecule has 0 aliphatic heterocycles. The molecule has 0 saturated heterocycles. The summed E-state index contributed by atoms with van der Waals surface area (Å²) >= 11 is 0. The van der Waals surface area contributed by atoms with Crippen molar-refractivity contribution in [3.8, 4) is 0 Å². The van der Waals surface area contributed by atoms with E-state index in [0.717, 1.165) is 31.6 Å². The number of carbonyl (C=O) groups is 1. The molecule has 3 nitrogen and oxygen atoms in total. The van der Waals surface area contributed by atoms with Crippen molar-refractivity contribution >= 4 is 5.97 Å². The van der Waals surface area contributed by atoms with E-state index in [-0.39, 0.29) is 18.2 Å². The maximum absolute atomic E-state index is 11.3. The van der Waals surface area contributed by atoms with Gasteiger partial charge in [-0.2, -0.15) is 0 Å². The summed E-state index contributed by atoms with van der Waals surface area (Å²) in [4.78, 5) is 11.3. The molecule has 4 aliphatic carbocycles. The molecule has 0 bridgehead atoms. The molecular weight excluding hydrogens is 300 g/mol. The predicted molar refractivity (Wildman–Crippen MR) is 93.3 cm³/mol. The average molecular weight is 335 g/mol. The van der Waals surface area contributed by atoms with Gasteiger partial charge in [-0.05, 0) is 85.9 Å². The van der Waals surface area contributed by atoms with Crippen LogP contribution in [0.1, 0.15) is 78.6 Å². The molecular formula is C21H34O3. The van der Waals surface area contributed by atoms with Crippen molar-refractivity contribution in [1.82, 2.24) is 0 Å². The van der Waals surface area contributed by atoms with Crippen molar-refractivity contribution in [1.29, 1.82) is 0 Å². The second kappa shape index (κ2) is 5.72. The first-order valence-corrected chi connectivity index (χ1v) is 10.2. The quantitative estimate of drug-likeness (QED) is 0.726. The van der Waals surface area contributed by atoms with Crippen molar-refractivity contribution < 1.29 is 14.6 Å². The fourth-order valence-electron chi connectivity index (χ4n) is 7.52. The average Bonchev–Trinajstić information content (AvgIpc) is 2.90. The van der Waals surface area contributed by atoms with E-state index in [0.29, 0.717) is 28.6 Å². The van der Waals surface area contributed by atoms with E-state index in [9.17, 15) is 9.90 Å². The van der Waals surface area contributed by atoms with E-state index in [2.05, 4.69) is 13.8 Å². The van der Waals surface area contributed by atoms with Gasteiger partial charge in [-0.25, -0.2) is 0 Å². The largest absolute Gasteiger partial charge is 0.463 e. The Balaban J connectivity index is 1.58. The lowest BCUT2D eigenvalue weighted by Crippen LogP contribution is -2.58. The topological polar surface area (TPSA) is 46.5 Å². The van der Waals surface area contributed by atoms with Gasteiger partial charge in [0.2, 0.25) is 0 Å². The molecule has 0 radical (unpaired) electrons. The molecule has 4 fully saturated rings. The molecule has 1 N–H and O–H groups in total. The highest BCUT2D eigenvalue weighted by Crippen LogP contribution is 2.66. The van der Waals surface area contributed by atoms with Gasteiger partial charge >= 0.3 is 5.97 Å². The van der Waals surface area contributed by atoms with Gasteiger partial charge in [0.15, 0.2) is 0 Å². The Kier molecular flexibility index (Phi) is 4.02. The highest BCUT2D eigenvalue weighted by molar-refractivity contribution is 5.66. The molecule has 4 saturated carbocycles. The number of hydrogen-bond donors (Lipinski definition) is 1. The zero-order chi connectivity index (χ0) is 17.1. The Morgan fingerprint density at radius 3 is 2.58 bits per heavy atom. The lowest BCUT2D eigenvalue weighted by molar-refractivity contribution is -0.178. The normalized spacial score (nSPS) is 53.7. The fourth-order valence-corrected chi connectivity index (χ4v) is 7.52. The molecule has 0 aromatic carbocycles. The highest BCUT2D eigenvalue weighted by Gasteiger charge is 2.60. The first kappa shape index (κ1) is 16.9. The first-order valence-electron chi connectivity index (χ1n) is 10.2. The molecule has 0 unspecified atom stereocenters. The SMILES string of the molecule is CC(=O)O[C@@H]1CC[C@@]2(C)[C@H](C1)C[C@H](O)[C@H]1[C@H]3CCC[C@@]3(C)CC[C@H]12. The van der Waals surface area contributed by atoms with Gasteiger partial charge < -0.3 is 9.84 Å². The van der Waals surface area contributed by atoms with Crippen molar-refractivity contribution in [2.45, 2.75) is 90.8 Å². The zero-order valence-electron chi connectivity index (χ0n) is 15.6. The minimum Gasteiger partial charge on any atom is -0.463 e. The number of ether oxygens (including phenoxy) is 1. The second-order valence-corrected chi connectivity index (χ2v) is 9.89. The van der Waals surface area contributed by atoms with Crippen LogP contribution in [-0.4, -0.2) is 23.3 Å². The second-order valence-electron chi connectivity index (χ2n) is 9.89. The Labute approximate surface area is 146 Å². The van der Waals surface area contributed by atoms with Crippen LogP contribution in [0.15, 0.2) is 0 Å².